The maximum Gasteiger partial charge on any atom is 0.334 e. The Morgan fingerprint density at radius 1 is 1.38 bits per heavy atom. The highest BCUT2D eigenvalue weighted by Gasteiger charge is 2.77. The molecule has 130 valence electrons. The lowest BCUT2D eigenvalue weighted by Gasteiger charge is -2.44. The zero-order valence-electron chi connectivity index (χ0n) is 13.8. The highest BCUT2D eigenvalue weighted by molar-refractivity contribution is 5.91. The molecule has 2 aliphatic heterocycles. The first-order valence-electron chi connectivity index (χ1n) is 7.99. The van der Waals surface area contributed by atoms with Gasteiger partial charge >= 0.3 is 11.9 Å². The molecule has 1 N–H and O–H groups in total. The molecular formula is C17H20O7. The van der Waals surface area contributed by atoms with Gasteiger partial charge in [-0.05, 0) is 26.3 Å². The lowest BCUT2D eigenvalue weighted by molar-refractivity contribution is -0.366. The van der Waals surface area contributed by atoms with Crippen LogP contribution in [0, 0.1) is 11.8 Å². The minimum Gasteiger partial charge on any atom is -0.458 e. The van der Waals surface area contributed by atoms with E-state index in [0.29, 0.717) is 5.57 Å². The van der Waals surface area contributed by atoms with E-state index < -0.39 is 52.8 Å². The molecule has 3 fully saturated rings. The Kier molecular flexibility index (Phi) is 2.95. The van der Waals surface area contributed by atoms with Crippen LogP contribution in [0.3, 0.4) is 0 Å². The number of aliphatic hydroxyl groups is 1. The van der Waals surface area contributed by atoms with E-state index in [1.807, 2.05) is 13.0 Å². The number of rotatable bonds is 1. The molecule has 7 heteroatoms. The minimum atomic E-state index is -1.38. The van der Waals surface area contributed by atoms with Gasteiger partial charge in [0.05, 0.1) is 12.0 Å². The fraction of sp³-hybridized carbons (Fsp3) is 0.647. The number of ether oxygens (including phenoxy) is 2. The summed E-state index contributed by atoms with van der Waals surface area (Å²) in [7, 11) is 0. The van der Waals surface area contributed by atoms with E-state index in [2.05, 4.69) is 6.58 Å². The quantitative estimate of drug-likeness (QED) is 0.328. The SMILES string of the molecule is C=C1C(=O)O[C@H]2[C@H]1C[C@@H](O)[C@@](C)(OC(C)=O)[C@@]13C=C[C@@](C)(OO1)[C@H]23. The molecule has 0 aromatic carbocycles. The van der Waals surface area contributed by atoms with Crippen LogP contribution < -0.4 is 0 Å². The fourth-order valence-electron chi connectivity index (χ4n) is 4.75. The Labute approximate surface area is 139 Å². The number of carbonyl (C=O) groups is 2. The van der Waals surface area contributed by atoms with Crippen molar-refractivity contribution in [2.75, 3.05) is 0 Å². The van der Waals surface area contributed by atoms with Gasteiger partial charge in [0.1, 0.15) is 11.7 Å². The molecule has 0 aromatic heterocycles. The van der Waals surface area contributed by atoms with Gasteiger partial charge in [-0.3, -0.25) is 4.79 Å². The van der Waals surface area contributed by atoms with Gasteiger partial charge in [0.2, 0.25) is 0 Å². The van der Waals surface area contributed by atoms with Crippen molar-refractivity contribution in [3.8, 4) is 0 Å². The summed E-state index contributed by atoms with van der Waals surface area (Å²) in [6.07, 6.45) is 2.10. The molecule has 24 heavy (non-hydrogen) atoms. The first-order valence-corrected chi connectivity index (χ1v) is 7.99. The van der Waals surface area contributed by atoms with Crippen molar-refractivity contribution in [1.29, 1.82) is 0 Å². The molecule has 7 atom stereocenters. The lowest BCUT2D eigenvalue weighted by Crippen LogP contribution is -2.63. The number of hydrogen-bond acceptors (Lipinski definition) is 7. The molecule has 2 saturated heterocycles. The Morgan fingerprint density at radius 3 is 2.67 bits per heavy atom. The fourth-order valence-corrected chi connectivity index (χ4v) is 4.75. The third-order valence-corrected chi connectivity index (χ3v) is 6.02. The van der Waals surface area contributed by atoms with Gasteiger partial charge < -0.3 is 14.6 Å². The zero-order valence-corrected chi connectivity index (χ0v) is 13.8. The van der Waals surface area contributed by atoms with Gasteiger partial charge in [-0.25, -0.2) is 14.6 Å². The monoisotopic (exact) mass is 336 g/mol. The van der Waals surface area contributed by atoms with Gasteiger partial charge in [-0.15, -0.1) is 0 Å². The smallest absolute Gasteiger partial charge is 0.334 e. The van der Waals surface area contributed by atoms with Crippen molar-refractivity contribution in [3.05, 3.63) is 24.3 Å². The van der Waals surface area contributed by atoms with Crippen LogP contribution in [-0.4, -0.2) is 46.1 Å². The molecule has 0 spiro atoms. The van der Waals surface area contributed by atoms with E-state index in [1.165, 1.54) is 6.92 Å². The van der Waals surface area contributed by atoms with E-state index in [1.54, 1.807) is 13.0 Å². The summed E-state index contributed by atoms with van der Waals surface area (Å²) >= 11 is 0. The molecule has 1 saturated carbocycles. The van der Waals surface area contributed by atoms with E-state index in [-0.39, 0.29) is 6.42 Å². The van der Waals surface area contributed by atoms with E-state index >= 15 is 0 Å². The molecule has 2 heterocycles. The van der Waals surface area contributed by atoms with Crippen molar-refractivity contribution >= 4 is 11.9 Å². The Bertz CT molecular complexity index is 684. The minimum absolute atomic E-state index is 0.185. The molecule has 4 aliphatic rings. The predicted molar refractivity (Wildman–Crippen MR) is 79.2 cm³/mol. The maximum atomic E-state index is 12.0. The van der Waals surface area contributed by atoms with Crippen molar-refractivity contribution in [2.24, 2.45) is 11.8 Å². The Hall–Kier alpha value is -1.70. The average molecular weight is 336 g/mol. The van der Waals surface area contributed by atoms with Crippen LogP contribution in [0.5, 0.6) is 0 Å². The normalized spacial score (nSPS) is 51.8. The summed E-state index contributed by atoms with van der Waals surface area (Å²) in [5.41, 5.74) is -3.15. The largest absolute Gasteiger partial charge is 0.458 e. The molecule has 0 radical (unpaired) electrons. The maximum absolute atomic E-state index is 12.0. The van der Waals surface area contributed by atoms with E-state index in [4.69, 9.17) is 19.2 Å². The van der Waals surface area contributed by atoms with Crippen molar-refractivity contribution in [1.82, 2.24) is 0 Å². The van der Waals surface area contributed by atoms with Crippen LogP contribution in [0.4, 0.5) is 0 Å². The first-order chi connectivity index (χ1) is 11.1. The number of carbonyl (C=O) groups excluding carboxylic acids is 2. The third kappa shape index (κ3) is 1.62. The number of esters is 2. The second kappa shape index (κ2) is 4.47. The summed E-state index contributed by atoms with van der Waals surface area (Å²) < 4.78 is 11.1. The molecule has 2 aliphatic carbocycles. The van der Waals surface area contributed by atoms with Gasteiger partial charge in [0.15, 0.2) is 11.2 Å². The van der Waals surface area contributed by atoms with Crippen LogP contribution >= 0.6 is 0 Å². The van der Waals surface area contributed by atoms with Crippen LogP contribution in [0.25, 0.3) is 0 Å². The van der Waals surface area contributed by atoms with Crippen molar-refractivity contribution in [3.63, 3.8) is 0 Å². The molecule has 2 bridgehead atoms. The number of fused-ring (bicyclic) bond motifs is 1. The van der Waals surface area contributed by atoms with Gasteiger partial charge in [0, 0.05) is 18.4 Å². The lowest BCUT2D eigenvalue weighted by atomic mass is 9.70. The predicted octanol–water partition coefficient (Wildman–Crippen LogP) is 0.816. The van der Waals surface area contributed by atoms with Gasteiger partial charge in [-0.1, -0.05) is 12.7 Å². The molecule has 0 aromatic rings. The second-order valence-electron chi connectivity index (χ2n) is 7.41. The molecule has 0 amide bonds. The highest BCUT2D eigenvalue weighted by Crippen LogP contribution is 2.62. The number of hydrogen-bond donors (Lipinski definition) is 1. The Morgan fingerprint density at radius 2 is 2.08 bits per heavy atom. The standard InChI is InChI=1S/C17H20O7/c1-8-10-7-11(19)16(4,22-9(2)18)17-6-5-15(3,23-24-17)13(17)12(10)21-14(8)20/h5-6,10-13,19H,1,7H2,2-4H3/t10-,11+,12-,13-,15+,16+,17-/m0/s1. The zero-order chi connectivity index (χ0) is 17.5. The third-order valence-electron chi connectivity index (χ3n) is 6.02. The van der Waals surface area contributed by atoms with Crippen molar-refractivity contribution < 1.29 is 33.9 Å². The topological polar surface area (TPSA) is 91.3 Å². The Balaban J connectivity index is 1.90. The van der Waals surface area contributed by atoms with E-state index in [9.17, 15) is 14.7 Å². The summed E-state index contributed by atoms with van der Waals surface area (Å²) in [5.74, 6) is -1.86. The summed E-state index contributed by atoms with van der Waals surface area (Å²) in [6.45, 7) is 8.54. The summed E-state index contributed by atoms with van der Waals surface area (Å²) in [5, 5.41) is 10.9. The van der Waals surface area contributed by atoms with Crippen LogP contribution in [-0.2, 0) is 28.8 Å². The number of aliphatic hydroxyl groups excluding tert-OH is 1. The van der Waals surface area contributed by atoms with Gasteiger partial charge in [0.25, 0.3) is 0 Å². The average Bonchev–Trinajstić information content (AvgIpc) is 3.04. The summed E-state index contributed by atoms with van der Waals surface area (Å²) in [6, 6.07) is 0. The second-order valence-corrected chi connectivity index (χ2v) is 7.41. The highest BCUT2D eigenvalue weighted by atomic mass is 17.2. The first kappa shape index (κ1) is 15.8. The molecule has 4 rings (SSSR count). The molecule has 7 nitrogen and oxygen atoms in total. The molecular weight excluding hydrogens is 316 g/mol. The van der Waals surface area contributed by atoms with E-state index in [0.717, 1.165) is 0 Å². The van der Waals surface area contributed by atoms with Gasteiger partial charge in [-0.2, -0.15) is 0 Å². The van der Waals surface area contributed by atoms with Crippen LogP contribution in [0.1, 0.15) is 27.2 Å². The van der Waals surface area contributed by atoms with Crippen molar-refractivity contribution in [2.45, 2.75) is 56.2 Å². The summed E-state index contributed by atoms with van der Waals surface area (Å²) in [4.78, 5) is 34.9. The van der Waals surface area contributed by atoms with Crippen LogP contribution in [0.15, 0.2) is 24.3 Å². The van der Waals surface area contributed by atoms with Crippen LogP contribution in [0.2, 0.25) is 0 Å². The molecule has 0 unspecified atom stereocenters.